The molecule has 0 saturated heterocycles. The van der Waals surface area contributed by atoms with Crippen LogP contribution in [0.25, 0.3) is 0 Å². The first kappa shape index (κ1) is 13.4. The number of rotatable bonds is 7. The molecule has 0 spiro atoms. The summed E-state index contributed by atoms with van der Waals surface area (Å²) < 4.78 is 0. The number of carboxylic acid groups (broad SMARTS) is 1. The molecule has 0 fully saturated rings. The number of nitrogens with two attached hydrogens (primary N) is 1. The molecule has 0 saturated carbocycles. The van der Waals surface area contributed by atoms with Crippen LogP contribution < -0.4 is 5.73 Å². The molecule has 0 rings (SSSR count). The average molecular weight is 201 g/mol. The van der Waals surface area contributed by atoms with E-state index >= 15 is 0 Å². The minimum Gasteiger partial charge on any atom is -0.481 e. The lowest BCUT2D eigenvalue weighted by Crippen LogP contribution is -2.32. The van der Waals surface area contributed by atoms with Crippen LogP contribution >= 0.6 is 0 Å². The predicted molar refractivity (Wildman–Crippen MR) is 58.1 cm³/mol. The zero-order chi connectivity index (χ0) is 11.2. The van der Waals surface area contributed by atoms with Gasteiger partial charge >= 0.3 is 5.97 Å². The minimum atomic E-state index is -0.735. The molecule has 0 radical (unpaired) electrons. The number of hydrogen-bond acceptors (Lipinski definition) is 2. The summed E-state index contributed by atoms with van der Waals surface area (Å²) in [7, 11) is 0. The monoisotopic (exact) mass is 201 g/mol. The Bertz CT molecular complexity index is 174. The molecule has 0 aliphatic rings. The number of carbonyl (C=O) groups is 1. The van der Waals surface area contributed by atoms with Gasteiger partial charge in [0.05, 0.1) is 6.42 Å². The highest BCUT2D eigenvalue weighted by atomic mass is 16.4. The maximum atomic E-state index is 10.7. The molecule has 1 unspecified atom stereocenters. The van der Waals surface area contributed by atoms with E-state index in [9.17, 15) is 4.79 Å². The number of hydrogen-bond donors (Lipinski definition) is 2. The number of aliphatic carboxylic acids is 1. The van der Waals surface area contributed by atoms with Gasteiger partial charge in [0, 0.05) is 0 Å². The summed E-state index contributed by atoms with van der Waals surface area (Å²) in [6.45, 7) is 6.80. The van der Waals surface area contributed by atoms with Crippen molar-refractivity contribution in [2.75, 3.05) is 6.54 Å². The van der Waals surface area contributed by atoms with E-state index in [1.807, 2.05) is 6.92 Å². The van der Waals surface area contributed by atoms with Crippen LogP contribution in [0.15, 0.2) is 0 Å². The molecule has 0 heterocycles. The molecular weight excluding hydrogens is 178 g/mol. The van der Waals surface area contributed by atoms with Gasteiger partial charge in [-0.05, 0) is 30.7 Å². The van der Waals surface area contributed by atoms with E-state index in [4.69, 9.17) is 10.8 Å². The van der Waals surface area contributed by atoms with E-state index in [1.165, 1.54) is 0 Å². The summed E-state index contributed by atoms with van der Waals surface area (Å²) in [6.07, 6.45) is 3.03. The van der Waals surface area contributed by atoms with Crippen LogP contribution in [0.5, 0.6) is 0 Å². The van der Waals surface area contributed by atoms with Crippen molar-refractivity contribution in [3.05, 3.63) is 0 Å². The molecule has 3 heteroatoms. The molecule has 1 atom stereocenters. The van der Waals surface area contributed by atoms with Gasteiger partial charge in [0.2, 0.25) is 0 Å². The molecular formula is C11H23NO2. The van der Waals surface area contributed by atoms with Crippen LogP contribution in [-0.4, -0.2) is 17.6 Å². The van der Waals surface area contributed by atoms with Crippen molar-refractivity contribution in [3.63, 3.8) is 0 Å². The number of carboxylic acids is 1. The molecule has 14 heavy (non-hydrogen) atoms. The van der Waals surface area contributed by atoms with E-state index in [2.05, 4.69) is 13.8 Å². The van der Waals surface area contributed by atoms with E-state index in [0.29, 0.717) is 12.5 Å². The zero-order valence-electron chi connectivity index (χ0n) is 9.55. The molecule has 84 valence electrons. The fourth-order valence-electron chi connectivity index (χ4n) is 1.62. The Morgan fingerprint density at radius 2 is 2.07 bits per heavy atom. The van der Waals surface area contributed by atoms with Gasteiger partial charge in [-0.2, -0.15) is 0 Å². The third-order valence-electron chi connectivity index (χ3n) is 2.96. The van der Waals surface area contributed by atoms with Crippen molar-refractivity contribution in [2.24, 2.45) is 17.1 Å². The first-order chi connectivity index (χ1) is 6.45. The van der Waals surface area contributed by atoms with Crippen LogP contribution in [0.2, 0.25) is 0 Å². The van der Waals surface area contributed by atoms with E-state index in [1.54, 1.807) is 0 Å². The maximum absolute atomic E-state index is 10.7. The summed E-state index contributed by atoms with van der Waals surface area (Å²) in [5.41, 5.74) is 5.51. The van der Waals surface area contributed by atoms with Crippen LogP contribution in [0.1, 0.15) is 46.5 Å². The molecule has 0 bridgehead atoms. The maximum Gasteiger partial charge on any atom is 0.303 e. The van der Waals surface area contributed by atoms with Gasteiger partial charge in [-0.25, -0.2) is 0 Å². The van der Waals surface area contributed by atoms with E-state index in [-0.39, 0.29) is 11.8 Å². The van der Waals surface area contributed by atoms with Crippen molar-refractivity contribution < 1.29 is 9.90 Å². The Hall–Kier alpha value is -0.570. The van der Waals surface area contributed by atoms with Crippen LogP contribution in [0.4, 0.5) is 0 Å². The standard InChI is InChI=1S/C11H23NO2/c1-4-11(8-12,7-10(13)14)6-5-9(2)3/h9H,4-8,12H2,1-3H3,(H,13,14). The van der Waals surface area contributed by atoms with Crippen LogP contribution in [0, 0.1) is 11.3 Å². The largest absolute Gasteiger partial charge is 0.481 e. The normalized spacial score (nSPS) is 15.5. The molecule has 0 aromatic carbocycles. The molecule has 0 aromatic heterocycles. The summed E-state index contributed by atoms with van der Waals surface area (Å²) >= 11 is 0. The molecule has 0 aliphatic carbocycles. The second-order valence-corrected chi connectivity index (χ2v) is 4.56. The van der Waals surface area contributed by atoms with Crippen molar-refractivity contribution in [3.8, 4) is 0 Å². The van der Waals surface area contributed by atoms with Crippen LogP contribution in [0.3, 0.4) is 0 Å². The van der Waals surface area contributed by atoms with Crippen molar-refractivity contribution in [1.29, 1.82) is 0 Å². The third-order valence-corrected chi connectivity index (χ3v) is 2.96. The second-order valence-electron chi connectivity index (χ2n) is 4.56. The third kappa shape index (κ3) is 4.61. The highest BCUT2D eigenvalue weighted by molar-refractivity contribution is 5.67. The zero-order valence-corrected chi connectivity index (χ0v) is 9.55. The summed E-state index contributed by atoms with van der Waals surface area (Å²) in [5, 5.41) is 8.82. The van der Waals surface area contributed by atoms with Gasteiger partial charge in [-0.3, -0.25) is 4.79 Å². The molecule has 0 aliphatic heterocycles. The fraction of sp³-hybridized carbons (Fsp3) is 0.909. The Kier molecular flexibility index (Phi) is 5.77. The Balaban J connectivity index is 4.29. The second kappa shape index (κ2) is 6.02. The van der Waals surface area contributed by atoms with Gasteiger partial charge in [0.1, 0.15) is 0 Å². The smallest absolute Gasteiger partial charge is 0.303 e. The highest BCUT2D eigenvalue weighted by Crippen LogP contribution is 2.32. The molecule has 0 aromatic rings. The van der Waals surface area contributed by atoms with Gasteiger partial charge in [-0.15, -0.1) is 0 Å². The van der Waals surface area contributed by atoms with Crippen molar-refractivity contribution in [1.82, 2.24) is 0 Å². The molecule has 0 amide bonds. The average Bonchev–Trinajstić information content (AvgIpc) is 2.11. The minimum absolute atomic E-state index is 0.184. The first-order valence-corrected chi connectivity index (χ1v) is 5.37. The highest BCUT2D eigenvalue weighted by Gasteiger charge is 2.29. The van der Waals surface area contributed by atoms with Gasteiger partial charge in [0.15, 0.2) is 0 Å². The topological polar surface area (TPSA) is 63.3 Å². The lowest BCUT2D eigenvalue weighted by molar-refractivity contribution is -0.139. The van der Waals surface area contributed by atoms with Crippen molar-refractivity contribution in [2.45, 2.75) is 46.5 Å². The van der Waals surface area contributed by atoms with E-state index in [0.717, 1.165) is 19.3 Å². The summed E-state index contributed by atoms with van der Waals surface area (Å²) in [5.74, 6) is -0.123. The summed E-state index contributed by atoms with van der Waals surface area (Å²) in [6, 6.07) is 0. The quantitative estimate of drug-likeness (QED) is 0.664. The Morgan fingerprint density at radius 3 is 2.36 bits per heavy atom. The molecule has 3 nitrogen and oxygen atoms in total. The predicted octanol–water partition coefficient (Wildman–Crippen LogP) is 2.25. The summed E-state index contributed by atoms with van der Waals surface area (Å²) in [4.78, 5) is 10.7. The van der Waals surface area contributed by atoms with Crippen molar-refractivity contribution >= 4 is 5.97 Å². The SMILES string of the molecule is CCC(CN)(CCC(C)C)CC(=O)O. The fourth-order valence-corrected chi connectivity index (χ4v) is 1.62. The lowest BCUT2D eigenvalue weighted by atomic mass is 9.76. The van der Waals surface area contributed by atoms with E-state index < -0.39 is 5.97 Å². The van der Waals surface area contributed by atoms with Gasteiger partial charge in [-0.1, -0.05) is 27.2 Å². The first-order valence-electron chi connectivity index (χ1n) is 5.37. The van der Waals surface area contributed by atoms with Gasteiger partial charge in [0.25, 0.3) is 0 Å². The molecule has 3 N–H and O–H groups in total. The van der Waals surface area contributed by atoms with Crippen LogP contribution in [-0.2, 0) is 4.79 Å². The Labute approximate surface area is 86.7 Å². The lowest BCUT2D eigenvalue weighted by Gasteiger charge is -2.30. The Morgan fingerprint density at radius 1 is 1.50 bits per heavy atom. The van der Waals surface area contributed by atoms with Gasteiger partial charge < -0.3 is 10.8 Å².